The lowest BCUT2D eigenvalue weighted by Crippen LogP contribution is -2.25. The number of aliphatic carboxylic acids is 2. The second-order valence-electron chi connectivity index (χ2n) is 6.88. The normalized spacial score (nSPS) is 21.9. The van der Waals surface area contributed by atoms with Gasteiger partial charge in [-0.15, -0.1) is 0 Å². The molecule has 2 atom stereocenters. The van der Waals surface area contributed by atoms with Crippen LogP contribution >= 0.6 is 0 Å². The molecule has 0 aromatic heterocycles. The Balaban J connectivity index is 0.000000342. The molecule has 0 aliphatic heterocycles. The van der Waals surface area contributed by atoms with Crippen LogP contribution in [-0.2, 0) is 9.59 Å². The fourth-order valence-electron chi connectivity index (χ4n) is 2.34. The van der Waals surface area contributed by atoms with E-state index in [1.165, 1.54) is 0 Å². The van der Waals surface area contributed by atoms with Crippen molar-refractivity contribution in [3.8, 4) is 0 Å². The molecule has 2 N–H and O–H groups in total. The molecule has 1 rings (SSSR count). The van der Waals surface area contributed by atoms with Crippen molar-refractivity contribution in [2.45, 2.75) is 54.4 Å². The molecule has 1 saturated carbocycles. The molecule has 1 aliphatic rings. The average molecular weight is 272 g/mol. The van der Waals surface area contributed by atoms with Crippen molar-refractivity contribution in [3.05, 3.63) is 0 Å². The van der Waals surface area contributed by atoms with E-state index in [0.717, 1.165) is 12.8 Å². The van der Waals surface area contributed by atoms with Gasteiger partial charge in [0.15, 0.2) is 0 Å². The molecule has 1 aliphatic carbocycles. The van der Waals surface area contributed by atoms with Gasteiger partial charge >= 0.3 is 11.9 Å². The van der Waals surface area contributed by atoms with Crippen LogP contribution in [0, 0.1) is 29.1 Å². The Kier molecular flexibility index (Phi) is 6.53. The molecular weight excluding hydrogens is 244 g/mol. The molecule has 0 aromatic carbocycles. The standard InChI is InChI=1S/C8H16O2.C7H12O2/c1-6(2)5-8(3,4)7(9)10;1-4(2)5-3-6(5)7(8)9/h6H,5H2,1-4H3,(H,9,10);4-6H,3H2,1-2H3,(H,8,9). The number of carbonyl (C=O) groups is 2. The first-order valence-electron chi connectivity index (χ1n) is 6.95. The van der Waals surface area contributed by atoms with Gasteiger partial charge in [-0.05, 0) is 44.4 Å². The number of carboxylic acid groups (broad SMARTS) is 2. The van der Waals surface area contributed by atoms with Crippen molar-refractivity contribution >= 4 is 11.9 Å². The highest BCUT2D eigenvalue weighted by Crippen LogP contribution is 2.43. The molecule has 2 unspecified atom stereocenters. The van der Waals surface area contributed by atoms with Gasteiger partial charge in [-0.2, -0.15) is 0 Å². The quantitative estimate of drug-likeness (QED) is 0.803. The first-order chi connectivity index (χ1) is 8.49. The van der Waals surface area contributed by atoms with Gasteiger partial charge < -0.3 is 10.2 Å². The summed E-state index contributed by atoms with van der Waals surface area (Å²) in [4.78, 5) is 20.8. The second kappa shape index (κ2) is 6.92. The summed E-state index contributed by atoms with van der Waals surface area (Å²) in [6, 6.07) is 0. The Labute approximate surface area is 116 Å². The highest BCUT2D eigenvalue weighted by molar-refractivity contribution is 5.73. The lowest BCUT2D eigenvalue weighted by atomic mass is 9.84. The first-order valence-corrected chi connectivity index (χ1v) is 6.95. The summed E-state index contributed by atoms with van der Waals surface area (Å²) in [7, 11) is 0. The van der Waals surface area contributed by atoms with Gasteiger partial charge in [0.25, 0.3) is 0 Å². The number of hydrogen-bond acceptors (Lipinski definition) is 2. The predicted molar refractivity (Wildman–Crippen MR) is 74.9 cm³/mol. The lowest BCUT2D eigenvalue weighted by molar-refractivity contribution is -0.147. The second-order valence-corrected chi connectivity index (χ2v) is 6.88. The molecule has 0 spiro atoms. The molecule has 0 bridgehead atoms. The largest absolute Gasteiger partial charge is 0.481 e. The van der Waals surface area contributed by atoms with E-state index in [-0.39, 0.29) is 5.92 Å². The summed E-state index contributed by atoms with van der Waals surface area (Å²) < 4.78 is 0. The zero-order valence-electron chi connectivity index (χ0n) is 12.9. The van der Waals surface area contributed by atoms with Crippen LogP contribution in [0.5, 0.6) is 0 Å². The van der Waals surface area contributed by atoms with E-state index in [1.807, 2.05) is 13.8 Å². The van der Waals surface area contributed by atoms with Gasteiger partial charge in [0.1, 0.15) is 0 Å². The molecule has 4 heteroatoms. The predicted octanol–water partition coefficient (Wildman–Crippen LogP) is 3.51. The zero-order chi connectivity index (χ0) is 15.4. The van der Waals surface area contributed by atoms with Crippen molar-refractivity contribution < 1.29 is 19.8 Å². The van der Waals surface area contributed by atoms with E-state index >= 15 is 0 Å². The Morgan fingerprint density at radius 3 is 1.74 bits per heavy atom. The highest BCUT2D eigenvalue weighted by Gasteiger charge is 2.44. The summed E-state index contributed by atoms with van der Waals surface area (Å²) in [5.74, 6) is 0.111. The summed E-state index contributed by atoms with van der Waals surface area (Å²) in [6.45, 7) is 11.7. The van der Waals surface area contributed by atoms with Gasteiger partial charge in [0.05, 0.1) is 11.3 Å². The van der Waals surface area contributed by atoms with Gasteiger partial charge in [0, 0.05) is 0 Å². The summed E-state index contributed by atoms with van der Waals surface area (Å²) in [6.07, 6.45) is 1.63. The molecule has 0 aromatic rings. The van der Waals surface area contributed by atoms with E-state index in [9.17, 15) is 9.59 Å². The van der Waals surface area contributed by atoms with Crippen LogP contribution in [0.2, 0.25) is 0 Å². The molecule has 0 heterocycles. The summed E-state index contributed by atoms with van der Waals surface area (Å²) >= 11 is 0. The Morgan fingerprint density at radius 2 is 1.63 bits per heavy atom. The van der Waals surface area contributed by atoms with Crippen molar-refractivity contribution in [2.75, 3.05) is 0 Å². The van der Waals surface area contributed by atoms with Crippen LogP contribution in [0.1, 0.15) is 54.4 Å². The third-order valence-electron chi connectivity index (χ3n) is 3.51. The van der Waals surface area contributed by atoms with Gasteiger partial charge in [-0.3, -0.25) is 9.59 Å². The van der Waals surface area contributed by atoms with Crippen LogP contribution in [-0.4, -0.2) is 22.2 Å². The maximum absolute atomic E-state index is 10.6. The average Bonchev–Trinajstić information content (AvgIpc) is 2.94. The smallest absolute Gasteiger partial charge is 0.309 e. The minimum absolute atomic E-state index is 0.0231. The topological polar surface area (TPSA) is 74.6 Å². The minimum atomic E-state index is -0.707. The van der Waals surface area contributed by atoms with Crippen molar-refractivity contribution in [2.24, 2.45) is 29.1 Å². The monoisotopic (exact) mass is 272 g/mol. The third kappa shape index (κ3) is 6.60. The molecule has 19 heavy (non-hydrogen) atoms. The van der Waals surface area contributed by atoms with E-state index in [4.69, 9.17) is 10.2 Å². The molecular formula is C15H28O4. The number of carboxylic acids is 2. The minimum Gasteiger partial charge on any atom is -0.481 e. The Morgan fingerprint density at radius 1 is 1.16 bits per heavy atom. The SMILES string of the molecule is CC(C)C1CC1C(=O)O.CC(C)CC(C)(C)C(=O)O. The maximum atomic E-state index is 10.6. The van der Waals surface area contributed by atoms with E-state index in [0.29, 0.717) is 17.8 Å². The van der Waals surface area contributed by atoms with E-state index in [2.05, 4.69) is 13.8 Å². The first kappa shape index (κ1) is 17.9. The van der Waals surface area contributed by atoms with Crippen LogP contribution in [0.3, 0.4) is 0 Å². The lowest BCUT2D eigenvalue weighted by Gasteiger charge is -2.20. The number of rotatable bonds is 5. The maximum Gasteiger partial charge on any atom is 0.309 e. The van der Waals surface area contributed by atoms with Gasteiger partial charge in [-0.1, -0.05) is 27.7 Å². The molecule has 0 radical (unpaired) electrons. The van der Waals surface area contributed by atoms with Crippen LogP contribution in [0.25, 0.3) is 0 Å². The fraction of sp³-hybridized carbons (Fsp3) is 0.867. The van der Waals surface area contributed by atoms with Gasteiger partial charge in [-0.25, -0.2) is 0 Å². The molecule has 0 saturated heterocycles. The van der Waals surface area contributed by atoms with Crippen molar-refractivity contribution in [3.63, 3.8) is 0 Å². The molecule has 112 valence electrons. The fourth-order valence-corrected chi connectivity index (χ4v) is 2.34. The molecule has 0 amide bonds. The van der Waals surface area contributed by atoms with E-state index < -0.39 is 17.4 Å². The summed E-state index contributed by atoms with van der Waals surface area (Å²) in [5, 5.41) is 17.2. The number of hydrogen-bond donors (Lipinski definition) is 2. The van der Waals surface area contributed by atoms with Gasteiger partial charge in [0.2, 0.25) is 0 Å². The van der Waals surface area contributed by atoms with Crippen LogP contribution in [0.4, 0.5) is 0 Å². The highest BCUT2D eigenvalue weighted by atomic mass is 16.4. The van der Waals surface area contributed by atoms with Crippen LogP contribution < -0.4 is 0 Å². The Bertz CT molecular complexity index is 318. The Hall–Kier alpha value is -1.06. The van der Waals surface area contributed by atoms with Crippen molar-refractivity contribution in [1.82, 2.24) is 0 Å². The van der Waals surface area contributed by atoms with Crippen molar-refractivity contribution in [1.29, 1.82) is 0 Å². The van der Waals surface area contributed by atoms with E-state index in [1.54, 1.807) is 13.8 Å². The summed E-state index contributed by atoms with van der Waals surface area (Å²) in [5.41, 5.74) is -0.561. The third-order valence-corrected chi connectivity index (χ3v) is 3.51. The molecule has 4 nitrogen and oxygen atoms in total. The molecule has 1 fully saturated rings. The zero-order valence-corrected chi connectivity index (χ0v) is 12.9. The van der Waals surface area contributed by atoms with Crippen LogP contribution in [0.15, 0.2) is 0 Å².